The summed E-state index contributed by atoms with van der Waals surface area (Å²) in [5, 5.41) is 0. The number of rotatable bonds is 3. The van der Waals surface area contributed by atoms with Crippen LogP contribution in [-0.2, 0) is 19.5 Å². The predicted molar refractivity (Wildman–Crippen MR) is 98.5 cm³/mol. The second kappa shape index (κ2) is 7.29. The Morgan fingerprint density at radius 3 is 2.77 bits per heavy atom. The molecule has 0 bridgehead atoms. The Labute approximate surface area is 152 Å². The van der Waals surface area contributed by atoms with Crippen LogP contribution < -0.4 is 5.56 Å². The molecule has 0 unspecified atom stereocenters. The van der Waals surface area contributed by atoms with Crippen molar-refractivity contribution in [2.75, 3.05) is 26.7 Å². The maximum Gasteiger partial charge on any atom is 0.254 e. The van der Waals surface area contributed by atoms with Crippen LogP contribution in [0, 0.1) is 5.82 Å². The molecule has 1 fully saturated rings. The Morgan fingerprint density at radius 1 is 1.23 bits per heavy atom. The second-order valence-electron chi connectivity index (χ2n) is 7.51. The number of aromatic amines is 1. The van der Waals surface area contributed by atoms with Gasteiger partial charge in [0.1, 0.15) is 11.6 Å². The number of likely N-dealkylation sites (N-methyl/N-ethyl adjacent to an activating group) is 1. The van der Waals surface area contributed by atoms with Gasteiger partial charge in [-0.2, -0.15) is 0 Å². The van der Waals surface area contributed by atoms with Crippen LogP contribution in [0.3, 0.4) is 0 Å². The first kappa shape index (κ1) is 17.4. The molecule has 1 N–H and O–H groups in total. The van der Waals surface area contributed by atoms with Crippen LogP contribution >= 0.6 is 0 Å². The summed E-state index contributed by atoms with van der Waals surface area (Å²) in [6.07, 6.45) is 2.65. The second-order valence-corrected chi connectivity index (χ2v) is 7.51. The monoisotopic (exact) mass is 356 g/mol. The van der Waals surface area contributed by atoms with E-state index in [4.69, 9.17) is 4.98 Å². The van der Waals surface area contributed by atoms with Crippen LogP contribution in [0.15, 0.2) is 29.1 Å². The van der Waals surface area contributed by atoms with Gasteiger partial charge in [0.2, 0.25) is 0 Å². The van der Waals surface area contributed by atoms with Gasteiger partial charge in [-0.15, -0.1) is 0 Å². The van der Waals surface area contributed by atoms with Gasteiger partial charge in [-0.1, -0.05) is 18.2 Å². The van der Waals surface area contributed by atoms with Crippen LogP contribution in [0.4, 0.5) is 4.39 Å². The molecule has 0 radical (unpaired) electrons. The van der Waals surface area contributed by atoms with E-state index in [1.807, 2.05) is 12.1 Å². The third kappa shape index (κ3) is 3.57. The molecule has 6 heteroatoms. The Kier molecular flexibility index (Phi) is 4.87. The summed E-state index contributed by atoms with van der Waals surface area (Å²) in [6, 6.07) is 6.96. The molecule has 0 amide bonds. The fourth-order valence-corrected chi connectivity index (χ4v) is 4.02. The number of hydrogen-bond donors (Lipinski definition) is 1. The molecular formula is C20H25FN4O. The number of likely N-dealkylation sites (tertiary alicyclic amines) is 1. The minimum Gasteiger partial charge on any atom is -0.310 e. The third-order valence-electron chi connectivity index (χ3n) is 5.61. The van der Waals surface area contributed by atoms with E-state index in [2.05, 4.69) is 21.8 Å². The van der Waals surface area contributed by atoms with Gasteiger partial charge in [0.05, 0.1) is 5.69 Å². The van der Waals surface area contributed by atoms with E-state index in [9.17, 15) is 9.18 Å². The smallest absolute Gasteiger partial charge is 0.254 e. The van der Waals surface area contributed by atoms with E-state index in [0.29, 0.717) is 6.54 Å². The largest absolute Gasteiger partial charge is 0.310 e. The van der Waals surface area contributed by atoms with Crippen molar-refractivity contribution in [1.29, 1.82) is 0 Å². The zero-order valence-electron chi connectivity index (χ0n) is 15.2. The molecule has 0 atom stereocenters. The molecule has 0 saturated carbocycles. The highest BCUT2D eigenvalue weighted by atomic mass is 19.1. The molecule has 4 rings (SSSR count). The summed E-state index contributed by atoms with van der Waals surface area (Å²) in [4.78, 5) is 24.7. The zero-order chi connectivity index (χ0) is 18.1. The molecule has 0 spiro atoms. The third-order valence-corrected chi connectivity index (χ3v) is 5.61. The molecule has 3 heterocycles. The molecule has 5 nitrogen and oxygen atoms in total. The lowest BCUT2D eigenvalue weighted by Gasteiger charge is -2.32. The highest BCUT2D eigenvalue weighted by Crippen LogP contribution is 2.27. The predicted octanol–water partition coefficient (Wildman–Crippen LogP) is 2.28. The summed E-state index contributed by atoms with van der Waals surface area (Å²) < 4.78 is 13.8. The van der Waals surface area contributed by atoms with Gasteiger partial charge in [0.25, 0.3) is 5.56 Å². The maximum absolute atomic E-state index is 13.8. The fraction of sp³-hybridized carbons (Fsp3) is 0.500. The molecule has 138 valence electrons. The van der Waals surface area contributed by atoms with E-state index < -0.39 is 0 Å². The summed E-state index contributed by atoms with van der Waals surface area (Å²) in [5.74, 6) is 0.964. The van der Waals surface area contributed by atoms with Crippen LogP contribution in [0.1, 0.15) is 41.4 Å². The lowest BCUT2D eigenvalue weighted by atomic mass is 9.95. The lowest BCUT2D eigenvalue weighted by Crippen LogP contribution is -2.36. The number of H-pyrrole nitrogens is 1. The number of halogens is 1. The first-order valence-electron chi connectivity index (χ1n) is 9.36. The molecule has 1 aromatic carbocycles. The van der Waals surface area contributed by atoms with Crippen molar-refractivity contribution in [3.63, 3.8) is 0 Å². The Bertz CT molecular complexity index is 842. The van der Waals surface area contributed by atoms with Gasteiger partial charge < -0.3 is 9.88 Å². The number of piperidine rings is 1. The first-order chi connectivity index (χ1) is 12.6. The number of aromatic nitrogens is 2. The van der Waals surface area contributed by atoms with E-state index in [1.165, 1.54) is 6.07 Å². The summed E-state index contributed by atoms with van der Waals surface area (Å²) >= 11 is 0. The van der Waals surface area contributed by atoms with Crippen molar-refractivity contribution in [2.45, 2.75) is 38.3 Å². The number of benzene rings is 1. The molecule has 1 aromatic heterocycles. The summed E-state index contributed by atoms with van der Waals surface area (Å²) in [6.45, 7) is 4.07. The topological polar surface area (TPSA) is 52.2 Å². The van der Waals surface area contributed by atoms with Crippen LogP contribution in [0.5, 0.6) is 0 Å². The average Bonchev–Trinajstić information content (AvgIpc) is 2.64. The van der Waals surface area contributed by atoms with Crippen LogP contribution in [-0.4, -0.2) is 46.4 Å². The number of hydrogen-bond acceptors (Lipinski definition) is 4. The molecule has 2 aromatic rings. The molecule has 1 saturated heterocycles. The van der Waals surface area contributed by atoms with Gasteiger partial charge in [-0.05, 0) is 45.5 Å². The Morgan fingerprint density at radius 2 is 2.00 bits per heavy atom. The quantitative estimate of drug-likeness (QED) is 0.917. The first-order valence-corrected chi connectivity index (χ1v) is 9.36. The van der Waals surface area contributed by atoms with Crippen molar-refractivity contribution in [2.24, 2.45) is 0 Å². The van der Waals surface area contributed by atoms with Gasteiger partial charge >= 0.3 is 0 Å². The van der Waals surface area contributed by atoms with Crippen LogP contribution in [0.2, 0.25) is 0 Å². The van der Waals surface area contributed by atoms with Crippen molar-refractivity contribution in [3.8, 4) is 0 Å². The highest BCUT2D eigenvalue weighted by molar-refractivity contribution is 5.22. The van der Waals surface area contributed by atoms with E-state index in [1.54, 1.807) is 6.07 Å². The molecule has 2 aliphatic rings. The van der Waals surface area contributed by atoms with E-state index >= 15 is 0 Å². The minimum absolute atomic E-state index is 0.0342. The average molecular weight is 356 g/mol. The SMILES string of the molecule is CN1CCc2c(nc(C3CCN(Cc4ccccc4F)CC3)[nH]c2=O)C1. The van der Waals surface area contributed by atoms with Crippen molar-refractivity contribution in [3.05, 3.63) is 63.1 Å². The fourth-order valence-electron chi connectivity index (χ4n) is 4.02. The van der Waals surface area contributed by atoms with Gasteiger partial charge in [-0.25, -0.2) is 9.37 Å². The summed E-state index contributed by atoms with van der Waals surface area (Å²) in [7, 11) is 2.06. The Hall–Kier alpha value is -2.05. The molecular weight excluding hydrogens is 331 g/mol. The van der Waals surface area contributed by atoms with Crippen molar-refractivity contribution >= 4 is 0 Å². The number of nitrogens with zero attached hydrogens (tertiary/aromatic N) is 3. The van der Waals surface area contributed by atoms with E-state index in [0.717, 1.165) is 68.1 Å². The molecule has 26 heavy (non-hydrogen) atoms. The molecule has 0 aliphatic carbocycles. The summed E-state index contributed by atoms with van der Waals surface area (Å²) in [5.41, 5.74) is 2.57. The zero-order valence-corrected chi connectivity index (χ0v) is 15.2. The van der Waals surface area contributed by atoms with Crippen molar-refractivity contribution in [1.82, 2.24) is 19.8 Å². The van der Waals surface area contributed by atoms with E-state index in [-0.39, 0.29) is 17.3 Å². The normalized spacial score (nSPS) is 19.5. The van der Waals surface area contributed by atoms with Gasteiger partial charge in [0.15, 0.2) is 0 Å². The lowest BCUT2D eigenvalue weighted by molar-refractivity contribution is 0.199. The number of fused-ring (bicyclic) bond motifs is 1. The minimum atomic E-state index is -0.139. The van der Waals surface area contributed by atoms with Crippen LogP contribution in [0.25, 0.3) is 0 Å². The number of nitrogens with one attached hydrogen (secondary N) is 1. The van der Waals surface area contributed by atoms with Gasteiger partial charge in [-0.3, -0.25) is 9.69 Å². The molecule has 2 aliphatic heterocycles. The standard InChI is InChI=1S/C20H25FN4O/c1-24-9-8-16-18(13-24)22-19(23-20(16)26)14-6-10-25(11-7-14)12-15-4-2-3-5-17(15)21/h2-5,14H,6-13H2,1H3,(H,22,23,26). The highest BCUT2D eigenvalue weighted by Gasteiger charge is 2.25. The van der Waals surface area contributed by atoms with Gasteiger partial charge in [0, 0.05) is 36.7 Å². The maximum atomic E-state index is 13.8. The van der Waals surface area contributed by atoms with Crippen molar-refractivity contribution < 1.29 is 4.39 Å². The Balaban J connectivity index is 1.44.